The van der Waals surface area contributed by atoms with Gasteiger partial charge in [-0.05, 0) is 36.4 Å². The summed E-state index contributed by atoms with van der Waals surface area (Å²) in [5.41, 5.74) is 0.113. The number of phenolic OH excluding ortho intramolecular Hbond substituents is 1. The van der Waals surface area contributed by atoms with Gasteiger partial charge in [-0.1, -0.05) is 23.2 Å². The number of aromatic hydroxyl groups is 1. The first kappa shape index (κ1) is 15.2. The zero-order valence-electron chi connectivity index (χ0n) is 10.4. The van der Waals surface area contributed by atoms with Crippen LogP contribution in [-0.4, -0.2) is 22.1 Å². The third kappa shape index (κ3) is 3.45. The summed E-state index contributed by atoms with van der Waals surface area (Å²) in [6, 6.07) is 7.94. The van der Waals surface area contributed by atoms with Gasteiger partial charge in [0.1, 0.15) is 5.75 Å². The Morgan fingerprint density at radius 1 is 1.05 bits per heavy atom. The number of anilines is 1. The molecule has 2 aromatic rings. The smallest absolute Gasteiger partial charge is 0.335 e. The minimum absolute atomic E-state index is 0.00352. The molecule has 0 bridgehead atoms. The summed E-state index contributed by atoms with van der Waals surface area (Å²) < 4.78 is 0. The minimum atomic E-state index is -1.14. The number of rotatable bonds is 3. The molecular formula is C14H9Cl2NO4. The molecule has 0 unspecified atom stereocenters. The van der Waals surface area contributed by atoms with Gasteiger partial charge >= 0.3 is 5.97 Å². The van der Waals surface area contributed by atoms with E-state index in [1.807, 2.05) is 0 Å². The average molecular weight is 326 g/mol. The van der Waals surface area contributed by atoms with Gasteiger partial charge in [0.15, 0.2) is 0 Å². The van der Waals surface area contributed by atoms with Crippen molar-refractivity contribution >= 4 is 40.8 Å². The molecule has 1 amide bonds. The Balaban J connectivity index is 2.31. The zero-order valence-corrected chi connectivity index (χ0v) is 11.9. The summed E-state index contributed by atoms with van der Waals surface area (Å²) in [6.07, 6.45) is 0. The quantitative estimate of drug-likeness (QED) is 0.803. The van der Waals surface area contributed by atoms with E-state index in [1.54, 1.807) is 0 Å². The molecule has 0 fully saturated rings. The van der Waals surface area contributed by atoms with Crippen LogP contribution in [0.25, 0.3) is 0 Å². The van der Waals surface area contributed by atoms with Crippen LogP contribution in [0.1, 0.15) is 20.7 Å². The summed E-state index contributed by atoms with van der Waals surface area (Å²) in [5, 5.41) is 21.5. The normalized spacial score (nSPS) is 10.2. The Hall–Kier alpha value is -2.24. The van der Waals surface area contributed by atoms with Crippen molar-refractivity contribution in [3.05, 3.63) is 57.6 Å². The molecule has 0 saturated carbocycles. The van der Waals surface area contributed by atoms with Gasteiger partial charge in [0.2, 0.25) is 0 Å². The van der Waals surface area contributed by atoms with E-state index in [4.69, 9.17) is 28.3 Å². The molecule has 5 nitrogen and oxygen atoms in total. The predicted octanol–water partition coefficient (Wildman–Crippen LogP) is 3.65. The van der Waals surface area contributed by atoms with E-state index >= 15 is 0 Å². The molecule has 0 aliphatic heterocycles. The Bertz CT molecular complexity index is 731. The molecular weight excluding hydrogens is 317 g/mol. The monoisotopic (exact) mass is 325 g/mol. The molecule has 3 N–H and O–H groups in total. The molecule has 2 aromatic carbocycles. The van der Waals surface area contributed by atoms with Gasteiger partial charge in [0, 0.05) is 5.02 Å². The van der Waals surface area contributed by atoms with Gasteiger partial charge in [-0.25, -0.2) is 4.79 Å². The summed E-state index contributed by atoms with van der Waals surface area (Å²) >= 11 is 11.6. The first-order valence-corrected chi connectivity index (χ1v) is 6.47. The van der Waals surface area contributed by atoms with Crippen LogP contribution in [0.4, 0.5) is 5.69 Å². The number of nitrogens with one attached hydrogen (secondary N) is 1. The third-order valence-electron chi connectivity index (χ3n) is 2.67. The highest BCUT2D eigenvalue weighted by Gasteiger charge is 2.14. The van der Waals surface area contributed by atoms with E-state index in [0.29, 0.717) is 0 Å². The number of carboxylic acid groups (broad SMARTS) is 1. The number of carbonyl (C=O) groups excluding carboxylic acids is 1. The van der Waals surface area contributed by atoms with E-state index < -0.39 is 11.9 Å². The van der Waals surface area contributed by atoms with Crippen molar-refractivity contribution in [3.63, 3.8) is 0 Å². The average Bonchev–Trinajstić information content (AvgIpc) is 2.40. The Morgan fingerprint density at radius 2 is 1.76 bits per heavy atom. The lowest BCUT2D eigenvalue weighted by Crippen LogP contribution is -2.13. The summed E-state index contributed by atoms with van der Waals surface area (Å²) in [7, 11) is 0. The van der Waals surface area contributed by atoms with Crippen LogP contribution < -0.4 is 5.32 Å². The maximum Gasteiger partial charge on any atom is 0.335 e. The fourth-order valence-corrected chi connectivity index (χ4v) is 1.97. The molecule has 0 aliphatic carbocycles. The van der Waals surface area contributed by atoms with Crippen molar-refractivity contribution in [2.24, 2.45) is 0 Å². The van der Waals surface area contributed by atoms with Crippen LogP contribution in [0.3, 0.4) is 0 Å². The number of hydrogen-bond acceptors (Lipinski definition) is 3. The fourth-order valence-electron chi connectivity index (χ4n) is 1.64. The van der Waals surface area contributed by atoms with E-state index in [9.17, 15) is 14.7 Å². The summed E-state index contributed by atoms with van der Waals surface area (Å²) in [6.45, 7) is 0. The fraction of sp³-hybridized carbons (Fsp3) is 0. The molecule has 7 heteroatoms. The van der Waals surface area contributed by atoms with Crippen LogP contribution in [-0.2, 0) is 0 Å². The molecule has 108 valence electrons. The third-order valence-corrected chi connectivity index (χ3v) is 3.23. The first-order valence-electron chi connectivity index (χ1n) is 5.71. The standard InChI is InChI=1S/C14H9Cl2NO4/c15-8-2-3-9(12(18)6-8)13(19)17-11-5-7(14(20)21)1-4-10(11)16/h1-6,18H,(H,17,19)(H,20,21). The molecule has 21 heavy (non-hydrogen) atoms. The van der Waals surface area contributed by atoms with Gasteiger partial charge in [-0.3, -0.25) is 4.79 Å². The van der Waals surface area contributed by atoms with Gasteiger partial charge in [-0.15, -0.1) is 0 Å². The Kier molecular flexibility index (Phi) is 4.35. The molecule has 0 heterocycles. The second-order valence-electron chi connectivity index (χ2n) is 4.12. The van der Waals surface area contributed by atoms with Crippen molar-refractivity contribution in [1.29, 1.82) is 0 Å². The molecule has 0 spiro atoms. The first-order chi connectivity index (χ1) is 9.88. The van der Waals surface area contributed by atoms with Crippen molar-refractivity contribution in [1.82, 2.24) is 0 Å². The Morgan fingerprint density at radius 3 is 2.38 bits per heavy atom. The molecule has 0 atom stereocenters. The largest absolute Gasteiger partial charge is 0.507 e. The predicted molar refractivity (Wildman–Crippen MR) is 79.5 cm³/mol. The van der Waals surface area contributed by atoms with Crippen molar-refractivity contribution in [3.8, 4) is 5.75 Å². The lowest BCUT2D eigenvalue weighted by atomic mass is 10.1. The SMILES string of the molecule is O=C(O)c1ccc(Cl)c(NC(=O)c2ccc(Cl)cc2O)c1. The van der Waals surface area contributed by atoms with Crippen LogP contribution in [0.5, 0.6) is 5.75 Å². The van der Waals surface area contributed by atoms with Gasteiger partial charge in [0.05, 0.1) is 21.8 Å². The highest BCUT2D eigenvalue weighted by Crippen LogP contribution is 2.26. The van der Waals surface area contributed by atoms with E-state index in [-0.39, 0.29) is 32.6 Å². The van der Waals surface area contributed by atoms with Crippen LogP contribution in [0, 0.1) is 0 Å². The molecule has 0 aliphatic rings. The van der Waals surface area contributed by atoms with E-state index in [2.05, 4.69) is 5.32 Å². The topological polar surface area (TPSA) is 86.6 Å². The number of phenols is 1. The molecule has 0 radical (unpaired) electrons. The highest BCUT2D eigenvalue weighted by atomic mass is 35.5. The minimum Gasteiger partial charge on any atom is -0.507 e. The van der Waals surface area contributed by atoms with Crippen LogP contribution in [0.15, 0.2) is 36.4 Å². The number of carbonyl (C=O) groups is 2. The summed E-state index contributed by atoms with van der Waals surface area (Å²) in [4.78, 5) is 23.0. The van der Waals surface area contributed by atoms with Gasteiger partial charge in [0.25, 0.3) is 5.91 Å². The number of aromatic carboxylic acids is 1. The van der Waals surface area contributed by atoms with E-state index in [0.717, 1.165) is 0 Å². The van der Waals surface area contributed by atoms with Crippen LogP contribution >= 0.6 is 23.2 Å². The lowest BCUT2D eigenvalue weighted by Gasteiger charge is -2.09. The second-order valence-corrected chi connectivity index (χ2v) is 4.96. The maximum absolute atomic E-state index is 12.1. The number of hydrogen-bond donors (Lipinski definition) is 3. The van der Waals surface area contributed by atoms with Crippen molar-refractivity contribution in [2.45, 2.75) is 0 Å². The number of benzene rings is 2. The van der Waals surface area contributed by atoms with Gasteiger partial charge < -0.3 is 15.5 Å². The maximum atomic E-state index is 12.1. The molecule has 0 aromatic heterocycles. The summed E-state index contributed by atoms with van der Waals surface area (Å²) in [5.74, 6) is -2.06. The highest BCUT2D eigenvalue weighted by molar-refractivity contribution is 6.34. The zero-order chi connectivity index (χ0) is 15.6. The number of halogens is 2. The molecule has 0 saturated heterocycles. The lowest BCUT2D eigenvalue weighted by molar-refractivity contribution is 0.0696. The second kappa shape index (κ2) is 6.03. The van der Waals surface area contributed by atoms with Gasteiger partial charge in [-0.2, -0.15) is 0 Å². The molecule has 2 rings (SSSR count). The van der Waals surface area contributed by atoms with Crippen molar-refractivity contribution < 1.29 is 19.8 Å². The number of carboxylic acids is 1. The van der Waals surface area contributed by atoms with Crippen molar-refractivity contribution in [2.75, 3.05) is 5.32 Å². The van der Waals surface area contributed by atoms with Crippen LogP contribution in [0.2, 0.25) is 10.0 Å². The van der Waals surface area contributed by atoms with E-state index in [1.165, 1.54) is 36.4 Å². The Labute approximate surface area is 129 Å². The number of amides is 1.